The average Bonchev–Trinajstić information content (AvgIpc) is 2.62. The van der Waals surface area contributed by atoms with Crippen LogP contribution >= 0.6 is 0 Å². The minimum Gasteiger partial charge on any atom is -0.326 e. The van der Waals surface area contributed by atoms with Crippen LogP contribution < -0.4 is 10.0 Å². The Morgan fingerprint density at radius 2 is 1.30 bits per heavy atom. The topological polar surface area (TPSA) is 75.3 Å². The lowest BCUT2D eigenvalue weighted by atomic mass is 10.0. The third kappa shape index (κ3) is 4.35. The highest BCUT2D eigenvalue weighted by Gasteiger charge is 2.17. The van der Waals surface area contributed by atoms with Crippen molar-refractivity contribution in [1.82, 2.24) is 0 Å². The number of hydrogen-bond donors (Lipinski definition) is 2. The first kappa shape index (κ1) is 18.7. The van der Waals surface area contributed by atoms with E-state index in [9.17, 15) is 13.2 Å². The molecule has 5 nitrogen and oxygen atoms in total. The Hall–Kier alpha value is -3.12. The number of rotatable bonds is 5. The average molecular weight is 380 g/mol. The number of para-hydroxylation sites is 2. The summed E-state index contributed by atoms with van der Waals surface area (Å²) in [5.41, 5.74) is 3.45. The van der Waals surface area contributed by atoms with Gasteiger partial charge in [-0.3, -0.25) is 9.52 Å². The summed E-state index contributed by atoms with van der Waals surface area (Å²) < 4.78 is 28.2. The molecule has 3 rings (SSSR count). The molecule has 138 valence electrons. The number of aryl methyl sites for hydroxylation is 1. The van der Waals surface area contributed by atoms with Crippen LogP contribution in [0, 0.1) is 6.92 Å². The minimum atomic E-state index is -3.73. The van der Waals surface area contributed by atoms with E-state index in [1.54, 1.807) is 42.5 Å². The fraction of sp³-hybridized carbons (Fsp3) is 0.0952. The summed E-state index contributed by atoms with van der Waals surface area (Å²) in [7, 11) is -3.73. The van der Waals surface area contributed by atoms with Crippen molar-refractivity contribution in [2.24, 2.45) is 0 Å². The van der Waals surface area contributed by atoms with Crippen molar-refractivity contribution >= 4 is 27.3 Å². The number of anilines is 2. The van der Waals surface area contributed by atoms with E-state index >= 15 is 0 Å². The van der Waals surface area contributed by atoms with Crippen LogP contribution in [0.1, 0.15) is 12.5 Å². The predicted octanol–water partition coefficient (Wildman–Crippen LogP) is 4.42. The molecular formula is C21H20N2O3S. The predicted molar refractivity (Wildman–Crippen MR) is 108 cm³/mol. The van der Waals surface area contributed by atoms with Gasteiger partial charge in [0.05, 0.1) is 10.6 Å². The van der Waals surface area contributed by atoms with E-state index in [4.69, 9.17) is 0 Å². The van der Waals surface area contributed by atoms with Gasteiger partial charge < -0.3 is 5.32 Å². The van der Waals surface area contributed by atoms with Gasteiger partial charge in [-0.05, 0) is 31.2 Å². The molecule has 0 radical (unpaired) electrons. The quantitative estimate of drug-likeness (QED) is 0.688. The van der Waals surface area contributed by atoms with Crippen molar-refractivity contribution < 1.29 is 13.2 Å². The van der Waals surface area contributed by atoms with E-state index < -0.39 is 10.0 Å². The summed E-state index contributed by atoms with van der Waals surface area (Å²) in [5.74, 6) is -0.194. The van der Waals surface area contributed by atoms with E-state index in [-0.39, 0.29) is 10.8 Å². The molecule has 0 heterocycles. The van der Waals surface area contributed by atoms with Crippen molar-refractivity contribution in [3.05, 3.63) is 78.4 Å². The standard InChI is InChI=1S/C21H20N2O3S/c1-15-11-13-17(14-12-15)27(25,26)23-21-10-6-4-8-19(21)18-7-3-5-9-20(18)22-16(2)24/h3-14,23H,1-2H3,(H,22,24). The Bertz CT molecular complexity index is 1070. The van der Waals surface area contributed by atoms with Gasteiger partial charge in [-0.1, -0.05) is 54.1 Å². The second-order valence-electron chi connectivity index (χ2n) is 6.19. The van der Waals surface area contributed by atoms with Crippen molar-refractivity contribution in [1.29, 1.82) is 0 Å². The maximum atomic E-state index is 12.8. The van der Waals surface area contributed by atoms with Crippen molar-refractivity contribution in [3.8, 4) is 11.1 Å². The van der Waals surface area contributed by atoms with Crippen LogP contribution in [0.2, 0.25) is 0 Å². The van der Waals surface area contributed by atoms with Crippen molar-refractivity contribution in [2.45, 2.75) is 18.7 Å². The number of benzene rings is 3. The monoisotopic (exact) mass is 380 g/mol. The van der Waals surface area contributed by atoms with Crippen LogP contribution in [0.25, 0.3) is 11.1 Å². The first-order valence-electron chi connectivity index (χ1n) is 8.42. The molecule has 0 saturated heterocycles. The fourth-order valence-corrected chi connectivity index (χ4v) is 3.82. The van der Waals surface area contributed by atoms with Gasteiger partial charge in [-0.15, -0.1) is 0 Å². The van der Waals surface area contributed by atoms with E-state index in [0.29, 0.717) is 16.9 Å². The van der Waals surface area contributed by atoms with E-state index in [1.807, 2.05) is 37.3 Å². The molecule has 0 aliphatic heterocycles. The van der Waals surface area contributed by atoms with Crippen LogP contribution in [-0.2, 0) is 14.8 Å². The summed E-state index contributed by atoms with van der Waals surface area (Å²) in [6.07, 6.45) is 0. The third-order valence-corrected chi connectivity index (χ3v) is 5.41. The summed E-state index contributed by atoms with van der Waals surface area (Å²) >= 11 is 0. The van der Waals surface area contributed by atoms with Crippen LogP contribution in [0.15, 0.2) is 77.7 Å². The van der Waals surface area contributed by atoms with Gasteiger partial charge in [0.1, 0.15) is 0 Å². The zero-order chi connectivity index (χ0) is 19.4. The number of sulfonamides is 1. The summed E-state index contributed by atoms with van der Waals surface area (Å²) in [5, 5.41) is 2.78. The molecule has 3 aromatic rings. The molecule has 0 aromatic heterocycles. The Morgan fingerprint density at radius 1 is 0.778 bits per heavy atom. The molecule has 0 aliphatic rings. The van der Waals surface area contributed by atoms with E-state index in [0.717, 1.165) is 11.1 Å². The highest BCUT2D eigenvalue weighted by molar-refractivity contribution is 7.92. The lowest BCUT2D eigenvalue weighted by Crippen LogP contribution is -2.14. The van der Waals surface area contributed by atoms with Crippen LogP contribution in [0.5, 0.6) is 0 Å². The van der Waals surface area contributed by atoms with Gasteiger partial charge in [-0.2, -0.15) is 0 Å². The lowest BCUT2D eigenvalue weighted by Gasteiger charge is -2.16. The molecule has 2 N–H and O–H groups in total. The molecule has 1 amide bonds. The zero-order valence-corrected chi connectivity index (χ0v) is 15.9. The van der Waals surface area contributed by atoms with E-state index in [1.165, 1.54) is 6.92 Å². The van der Waals surface area contributed by atoms with Crippen LogP contribution in [-0.4, -0.2) is 14.3 Å². The molecule has 0 saturated carbocycles. The highest BCUT2D eigenvalue weighted by atomic mass is 32.2. The number of carbonyl (C=O) groups is 1. The highest BCUT2D eigenvalue weighted by Crippen LogP contribution is 2.34. The zero-order valence-electron chi connectivity index (χ0n) is 15.1. The van der Waals surface area contributed by atoms with E-state index in [2.05, 4.69) is 10.0 Å². The van der Waals surface area contributed by atoms with Gasteiger partial charge in [-0.25, -0.2) is 8.42 Å². The normalized spacial score (nSPS) is 11.0. The molecule has 0 spiro atoms. The first-order chi connectivity index (χ1) is 12.9. The largest absolute Gasteiger partial charge is 0.326 e. The third-order valence-electron chi connectivity index (χ3n) is 4.03. The number of nitrogens with one attached hydrogen (secondary N) is 2. The van der Waals surface area contributed by atoms with Gasteiger partial charge >= 0.3 is 0 Å². The van der Waals surface area contributed by atoms with Crippen molar-refractivity contribution in [3.63, 3.8) is 0 Å². The van der Waals surface area contributed by atoms with Crippen LogP contribution in [0.3, 0.4) is 0 Å². The Balaban J connectivity index is 2.03. The molecule has 0 aliphatic carbocycles. The Morgan fingerprint density at radius 3 is 1.89 bits per heavy atom. The second-order valence-corrected chi connectivity index (χ2v) is 7.87. The first-order valence-corrected chi connectivity index (χ1v) is 9.90. The Kier molecular flexibility index (Phi) is 5.28. The number of carbonyl (C=O) groups excluding carboxylic acids is 1. The fourth-order valence-electron chi connectivity index (χ4n) is 2.74. The summed E-state index contributed by atoms with van der Waals surface area (Å²) in [6.45, 7) is 3.33. The molecule has 3 aromatic carbocycles. The molecular weight excluding hydrogens is 360 g/mol. The van der Waals surface area contributed by atoms with Crippen LogP contribution in [0.4, 0.5) is 11.4 Å². The molecule has 0 atom stereocenters. The Labute approximate surface area is 159 Å². The van der Waals surface area contributed by atoms with Gasteiger partial charge in [0.2, 0.25) is 5.91 Å². The maximum Gasteiger partial charge on any atom is 0.261 e. The molecule has 6 heteroatoms. The summed E-state index contributed by atoms with van der Waals surface area (Å²) in [4.78, 5) is 11.7. The van der Waals surface area contributed by atoms with Gasteiger partial charge in [0.15, 0.2) is 0 Å². The molecule has 0 unspecified atom stereocenters. The molecule has 0 fully saturated rings. The molecule has 27 heavy (non-hydrogen) atoms. The minimum absolute atomic E-state index is 0.193. The van der Waals surface area contributed by atoms with Gasteiger partial charge in [0.25, 0.3) is 10.0 Å². The smallest absolute Gasteiger partial charge is 0.261 e. The molecule has 0 bridgehead atoms. The lowest BCUT2D eigenvalue weighted by molar-refractivity contribution is -0.114. The summed E-state index contributed by atoms with van der Waals surface area (Å²) in [6, 6.07) is 21.0. The van der Waals surface area contributed by atoms with Crippen molar-refractivity contribution in [2.75, 3.05) is 10.0 Å². The SMILES string of the molecule is CC(=O)Nc1ccccc1-c1ccccc1NS(=O)(=O)c1ccc(C)cc1. The van der Waals surface area contributed by atoms with Gasteiger partial charge in [0, 0.05) is 23.7 Å². The number of amides is 1. The maximum absolute atomic E-state index is 12.8. The number of hydrogen-bond acceptors (Lipinski definition) is 3. The second kappa shape index (κ2) is 7.63.